The van der Waals surface area contributed by atoms with Gasteiger partial charge in [-0.1, -0.05) is 12.1 Å². The highest BCUT2D eigenvalue weighted by atomic mass is 32.2. The Morgan fingerprint density at radius 1 is 1.25 bits per heavy atom. The van der Waals surface area contributed by atoms with Gasteiger partial charge in [0.1, 0.15) is 10.7 Å². The molecular formula is C17H16FN3O2S. The third-order valence-electron chi connectivity index (χ3n) is 3.62. The number of hydrogen-bond acceptors (Lipinski definition) is 4. The molecule has 0 bridgehead atoms. The Morgan fingerprint density at radius 3 is 2.71 bits per heavy atom. The van der Waals surface area contributed by atoms with E-state index in [1.807, 2.05) is 0 Å². The normalized spacial score (nSPS) is 16.3. The average molecular weight is 345 g/mol. The number of pyridine rings is 1. The molecule has 1 aromatic heterocycles. The zero-order valence-corrected chi connectivity index (χ0v) is 13.8. The lowest BCUT2D eigenvalue weighted by molar-refractivity contribution is 0.531. The number of aromatic nitrogens is 1. The van der Waals surface area contributed by atoms with Crippen molar-refractivity contribution in [3.05, 3.63) is 78.0 Å². The first-order valence-electron chi connectivity index (χ1n) is 7.29. The second kappa shape index (κ2) is 6.45. The van der Waals surface area contributed by atoms with Crippen LogP contribution in [0.1, 0.15) is 5.56 Å². The minimum absolute atomic E-state index is 0.0675. The summed E-state index contributed by atoms with van der Waals surface area (Å²) < 4.78 is 41.3. The van der Waals surface area contributed by atoms with Crippen LogP contribution in [0.4, 0.5) is 4.39 Å². The maximum Gasteiger partial charge on any atom is 0.266 e. The topological polar surface area (TPSA) is 62.3 Å². The molecule has 5 nitrogen and oxygen atoms in total. The summed E-state index contributed by atoms with van der Waals surface area (Å²) in [7, 11) is -2.11. The van der Waals surface area contributed by atoms with Crippen LogP contribution in [0.2, 0.25) is 0 Å². The largest absolute Gasteiger partial charge is 0.394 e. The van der Waals surface area contributed by atoms with Gasteiger partial charge in [-0.2, -0.15) is 0 Å². The smallest absolute Gasteiger partial charge is 0.266 e. The summed E-state index contributed by atoms with van der Waals surface area (Å²) in [4.78, 5) is 3.93. The molecule has 3 rings (SSSR count). The van der Waals surface area contributed by atoms with Gasteiger partial charge in [0.2, 0.25) is 0 Å². The zero-order valence-electron chi connectivity index (χ0n) is 13.0. The molecule has 0 spiro atoms. The first-order chi connectivity index (χ1) is 11.5. The minimum Gasteiger partial charge on any atom is -0.394 e. The van der Waals surface area contributed by atoms with Gasteiger partial charge in [-0.05, 0) is 35.9 Å². The summed E-state index contributed by atoms with van der Waals surface area (Å²) in [6.07, 6.45) is 6.15. The molecule has 0 fully saturated rings. The molecule has 1 aromatic carbocycles. The molecule has 0 saturated carbocycles. The summed E-state index contributed by atoms with van der Waals surface area (Å²) in [5.41, 5.74) is 1.28. The quantitative estimate of drug-likeness (QED) is 0.924. The third-order valence-corrected chi connectivity index (χ3v) is 5.36. The van der Waals surface area contributed by atoms with E-state index >= 15 is 0 Å². The van der Waals surface area contributed by atoms with Gasteiger partial charge in [-0.25, -0.2) is 12.8 Å². The lowest BCUT2D eigenvalue weighted by Crippen LogP contribution is -2.28. The monoisotopic (exact) mass is 345 g/mol. The van der Waals surface area contributed by atoms with Crippen molar-refractivity contribution < 1.29 is 12.8 Å². The van der Waals surface area contributed by atoms with E-state index in [-0.39, 0.29) is 17.0 Å². The number of sulfonamides is 1. The first kappa shape index (κ1) is 16.2. The lowest BCUT2D eigenvalue weighted by Gasteiger charge is -2.22. The van der Waals surface area contributed by atoms with Crippen molar-refractivity contribution in [1.29, 1.82) is 0 Å². The van der Waals surface area contributed by atoms with E-state index in [4.69, 9.17) is 0 Å². The highest BCUT2D eigenvalue weighted by molar-refractivity contribution is 7.89. The van der Waals surface area contributed by atoms with E-state index in [1.54, 1.807) is 43.6 Å². The Balaban J connectivity index is 2.12. The van der Waals surface area contributed by atoms with E-state index in [0.717, 1.165) is 5.57 Å². The van der Waals surface area contributed by atoms with Gasteiger partial charge in [0, 0.05) is 31.2 Å². The van der Waals surface area contributed by atoms with Crippen molar-refractivity contribution in [3.8, 4) is 0 Å². The summed E-state index contributed by atoms with van der Waals surface area (Å²) >= 11 is 0. The van der Waals surface area contributed by atoms with Crippen molar-refractivity contribution in [2.45, 2.75) is 4.90 Å². The molecule has 0 amide bonds. The van der Waals surface area contributed by atoms with Crippen molar-refractivity contribution in [2.24, 2.45) is 0 Å². The number of benzene rings is 1. The van der Waals surface area contributed by atoms with Gasteiger partial charge in [0.05, 0.1) is 12.2 Å². The Bertz CT molecular complexity index is 908. The van der Waals surface area contributed by atoms with E-state index in [2.05, 4.69) is 10.3 Å². The molecule has 0 saturated heterocycles. The van der Waals surface area contributed by atoms with Crippen molar-refractivity contribution in [3.63, 3.8) is 0 Å². The second-order valence-electron chi connectivity index (χ2n) is 5.22. The molecule has 1 N–H and O–H groups in total. The number of nitrogens with zero attached hydrogens (tertiary/aromatic N) is 2. The predicted molar refractivity (Wildman–Crippen MR) is 89.6 cm³/mol. The third kappa shape index (κ3) is 2.90. The fourth-order valence-corrected chi connectivity index (χ4v) is 3.97. The molecule has 24 heavy (non-hydrogen) atoms. The van der Waals surface area contributed by atoms with Crippen LogP contribution in [0.15, 0.2) is 71.5 Å². The molecular weight excluding hydrogens is 329 g/mol. The average Bonchev–Trinajstić information content (AvgIpc) is 3.01. The van der Waals surface area contributed by atoms with Crippen LogP contribution < -0.4 is 5.32 Å². The number of rotatable bonds is 4. The van der Waals surface area contributed by atoms with Crippen LogP contribution in [0, 0.1) is 5.82 Å². The van der Waals surface area contributed by atoms with Crippen LogP contribution in [-0.4, -0.2) is 31.3 Å². The maximum atomic E-state index is 14.2. The van der Waals surface area contributed by atoms with Crippen molar-refractivity contribution in [1.82, 2.24) is 14.6 Å². The van der Waals surface area contributed by atoms with Gasteiger partial charge in [0.25, 0.3) is 10.0 Å². The molecule has 2 heterocycles. The molecule has 0 aliphatic carbocycles. The fourth-order valence-electron chi connectivity index (χ4n) is 2.54. The minimum atomic E-state index is -3.84. The summed E-state index contributed by atoms with van der Waals surface area (Å²) in [5.74, 6) is -0.471. The molecule has 7 heteroatoms. The van der Waals surface area contributed by atoms with E-state index in [1.165, 1.54) is 28.8 Å². The van der Waals surface area contributed by atoms with Crippen LogP contribution >= 0.6 is 0 Å². The second-order valence-corrected chi connectivity index (χ2v) is 7.08. The van der Waals surface area contributed by atoms with Gasteiger partial charge >= 0.3 is 0 Å². The fraction of sp³-hybridized carbons (Fsp3) is 0.118. The molecule has 124 valence electrons. The van der Waals surface area contributed by atoms with Crippen LogP contribution in [0.25, 0.3) is 5.70 Å². The summed E-state index contributed by atoms with van der Waals surface area (Å²) in [6, 6.07) is 9.15. The van der Waals surface area contributed by atoms with Crippen molar-refractivity contribution >= 4 is 15.7 Å². The Labute approximate surface area is 140 Å². The molecule has 2 aromatic rings. The lowest BCUT2D eigenvalue weighted by atomic mass is 10.1. The summed E-state index contributed by atoms with van der Waals surface area (Å²) in [6.45, 7) is 0.127. The SMILES string of the molecule is CN/C=C1/C=C(c2ccccc2F)N(S(=O)(=O)c2cccnc2)C1. The van der Waals surface area contributed by atoms with Crippen LogP contribution in [-0.2, 0) is 10.0 Å². The van der Waals surface area contributed by atoms with Gasteiger partial charge in [-0.3, -0.25) is 9.29 Å². The number of nitrogens with one attached hydrogen (secondary N) is 1. The Kier molecular flexibility index (Phi) is 4.35. The highest BCUT2D eigenvalue weighted by Crippen LogP contribution is 2.34. The molecule has 0 radical (unpaired) electrons. The molecule has 0 unspecified atom stereocenters. The van der Waals surface area contributed by atoms with Crippen molar-refractivity contribution in [2.75, 3.05) is 13.6 Å². The Hall–Kier alpha value is -2.67. The molecule has 0 atom stereocenters. The van der Waals surface area contributed by atoms with Crippen LogP contribution in [0.3, 0.4) is 0 Å². The maximum absolute atomic E-state index is 14.2. The van der Waals surface area contributed by atoms with Gasteiger partial charge < -0.3 is 5.32 Å². The summed E-state index contributed by atoms with van der Waals surface area (Å²) in [5, 5.41) is 2.87. The first-order valence-corrected chi connectivity index (χ1v) is 8.73. The van der Waals surface area contributed by atoms with Crippen LogP contribution in [0.5, 0.6) is 0 Å². The number of halogens is 1. The molecule has 1 aliphatic rings. The molecule has 1 aliphatic heterocycles. The zero-order chi connectivity index (χ0) is 17.2. The standard InChI is InChI=1S/C17H16FN3O2S/c1-19-10-13-9-17(15-6-2-3-7-16(15)18)21(12-13)24(22,23)14-5-4-8-20-11-14/h2-11,19H,12H2,1H3/b13-10-. The highest BCUT2D eigenvalue weighted by Gasteiger charge is 2.33. The predicted octanol–water partition coefficient (Wildman–Crippen LogP) is 2.37. The van der Waals surface area contributed by atoms with E-state index in [9.17, 15) is 12.8 Å². The van der Waals surface area contributed by atoms with Gasteiger partial charge in [0.15, 0.2) is 0 Å². The van der Waals surface area contributed by atoms with E-state index in [0.29, 0.717) is 5.70 Å². The van der Waals surface area contributed by atoms with Gasteiger partial charge in [-0.15, -0.1) is 0 Å². The van der Waals surface area contributed by atoms with E-state index < -0.39 is 15.8 Å². The number of hydrogen-bond donors (Lipinski definition) is 1. The Morgan fingerprint density at radius 2 is 2.04 bits per heavy atom.